The molecule has 0 amide bonds. The fourth-order valence-corrected chi connectivity index (χ4v) is 6.01. The molecule has 0 heterocycles. The number of ketones is 5. The van der Waals surface area contributed by atoms with E-state index in [0.29, 0.717) is 19.3 Å². The number of hydrogen-bond acceptors (Lipinski definition) is 5. The van der Waals surface area contributed by atoms with E-state index in [1.807, 2.05) is 40.7 Å². The van der Waals surface area contributed by atoms with Gasteiger partial charge >= 0.3 is 0 Å². The molecule has 1 aliphatic rings. The Morgan fingerprint density at radius 3 is 2.26 bits per heavy atom. The van der Waals surface area contributed by atoms with E-state index in [-0.39, 0.29) is 77.8 Å². The Labute approximate surface area is 231 Å². The quantitative estimate of drug-likeness (QED) is 0.193. The Morgan fingerprint density at radius 2 is 1.71 bits per heavy atom. The number of Topliss-reactive ketones (excluding diaryl/α,β-unsaturated/α-hetero) is 5. The molecule has 5 heteroatoms. The maximum Gasteiger partial charge on any atom is 0.143 e. The fraction of sp³-hybridized carbons (Fsp3) is 0.727. The normalized spacial score (nSPS) is 19.3. The first-order chi connectivity index (χ1) is 17.9. The van der Waals surface area contributed by atoms with E-state index in [1.165, 1.54) is 6.92 Å². The number of allylic oxidation sites excluding steroid dienone is 4. The molecule has 0 aromatic rings. The molecule has 0 aliphatic heterocycles. The highest BCUT2D eigenvalue weighted by Gasteiger charge is 2.30. The molecule has 0 spiro atoms. The van der Waals surface area contributed by atoms with Crippen LogP contribution in [0.1, 0.15) is 126 Å². The summed E-state index contributed by atoms with van der Waals surface area (Å²) in [5, 5.41) is 0. The topological polar surface area (TPSA) is 85.3 Å². The van der Waals surface area contributed by atoms with Gasteiger partial charge in [-0.15, -0.1) is 0 Å². The van der Waals surface area contributed by atoms with Crippen molar-refractivity contribution in [2.24, 2.45) is 29.6 Å². The van der Waals surface area contributed by atoms with Crippen molar-refractivity contribution in [3.63, 3.8) is 0 Å². The van der Waals surface area contributed by atoms with Crippen molar-refractivity contribution in [1.29, 1.82) is 0 Å². The van der Waals surface area contributed by atoms with Crippen LogP contribution in [0.25, 0.3) is 0 Å². The summed E-state index contributed by atoms with van der Waals surface area (Å²) >= 11 is 0. The van der Waals surface area contributed by atoms with E-state index in [1.54, 1.807) is 0 Å². The van der Waals surface area contributed by atoms with Gasteiger partial charge in [0.25, 0.3) is 0 Å². The lowest BCUT2D eigenvalue weighted by molar-refractivity contribution is -0.130. The molecule has 0 saturated heterocycles. The molecule has 0 aromatic heterocycles. The van der Waals surface area contributed by atoms with Gasteiger partial charge in [-0.2, -0.15) is 0 Å². The first kappa shape index (κ1) is 33.9. The van der Waals surface area contributed by atoms with Crippen molar-refractivity contribution >= 4 is 28.9 Å². The second-order valence-corrected chi connectivity index (χ2v) is 11.8. The fourth-order valence-electron chi connectivity index (χ4n) is 6.01. The minimum atomic E-state index is -0.246. The lowest BCUT2D eigenvalue weighted by atomic mass is 9.75. The molecule has 0 aromatic carbocycles. The van der Waals surface area contributed by atoms with Gasteiger partial charge in [-0.1, -0.05) is 65.2 Å². The lowest BCUT2D eigenvalue weighted by Crippen LogP contribution is -2.27. The molecule has 0 N–H and O–H groups in total. The third-order valence-corrected chi connectivity index (χ3v) is 8.13. The summed E-state index contributed by atoms with van der Waals surface area (Å²) < 4.78 is 0. The van der Waals surface area contributed by atoms with E-state index in [4.69, 9.17) is 0 Å². The molecule has 4 atom stereocenters. The minimum absolute atomic E-state index is 0.00105. The Morgan fingerprint density at radius 1 is 1.03 bits per heavy atom. The molecule has 0 fully saturated rings. The van der Waals surface area contributed by atoms with Crippen LogP contribution < -0.4 is 0 Å². The van der Waals surface area contributed by atoms with E-state index in [2.05, 4.69) is 13.0 Å². The molecule has 0 saturated carbocycles. The first-order valence-corrected chi connectivity index (χ1v) is 14.9. The summed E-state index contributed by atoms with van der Waals surface area (Å²) in [5.74, 6) is 0.448. The van der Waals surface area contributed by atoms with Crippen molar-refractivity contribution in [2.45, 2.75) is 126 Å². The van der Waals surface area contributed by atoms with Gasteiger partial charge in [-0.25, -0.2) is 0 Å². The van der Waals surface area contributed by atoms with Crippen LogP contribution in [-0.4, -0.2) is 28.9 Å². The van der Waals surface area contributed by atoms with Gasteiger partial charge in [0.2, 0.25) is 0 Å². The van der Waals surface area contributed by atoms with E-state index in [9.17, 15) is 24.0 Å². The molecular weight excluding hydrogens is 476 g/mol. The number of carbonyl (C=O) groups excluding carboxylic acids is 5. The van der Waals surface area contributed by atoms with Crippen LogP contribution in [0.5, 0.6) is 0 Å². The highest BCUT2D eigenvalue weighted by molar-refractivity contribution is 5.99. The van der Waals surface area contributed by atoms with Crippen LogP contribution >= 0.6 is 0 Å². The predicted molar refractivity (Wildman–Crippen MR) is 154 cm³/mol. The van der Waals surface area contributed by atoms with Crippen molar-refractivity contribution in [3.05, 3.63) is 23.3 Å². The van der Waals surface area contributed by atoms with Crippen LogP contribution in [0, 0.1) is 29.6 Å². The van der Waals surface area contributed by atoms with Gasteiger partial charge in [0.1, 0.15) is 28.9 Å². The SMILES string of the molecule is CCCC(CC1CCC=CC(CC(=O)CC(C(=O)CC)C(C)C)=C(C)CC(=O)C1)C(CC)C(=O)CC(C)=O. The average Bonchev–Trinajstić information content (AvgIpc) is 2.83. The predicted octanol–water partition coefficient (Wildman–Crippen LogP) is 7.60. The summed E-state index contributed by atoms with van der Waals surface area (Å²) in [6.07, 6.45) is 11.0. The van der Waals surface area contributed by atoms with Crippen LogP contribution in [-0.2, 0) is 24.0 Å². The van der Waals surface area contributed by atoms with Crippen LogP contribution in [0.15, 0.2) is 23.3 Å². The lowest BCUT2D eigenvalue weighted by Gasteiger charge is -2.29. The van der Waals surface area contributed by atoms with Crippen LogP contribution in [0.4, 0.5) is 0 Å². The van der Waals surface area contributed by atoms with Gasteiger partial charge in [-0.3, -0.25) is 24.0 Å². The maximum absolute atomic E-state index is 13.1. The Hall–Kier alpha value is -2.17. The second kappa shape index (κ2) is 17.4. The molecule has 0 bridgehead atoms. The Bertz CT molecular complexity index is 891. The van der Waals surface area contributed by atoms with E-state index >= 15 is 0 Å². The Kier molecular flexibility index (Phi) is 15.5. The summed E-state index contributed by atoms with van der Waals surface area (Å²) in [5.41, 5.74) is 1.83. The van der Waals surface area contributed by atoms with Crippen molar-refractivity contribution in [2.75, 3.05) is 0 Å². The summed E-state index contributed by atoms with van der Waals surface area (Å²) in [6, 6.07) is 0. The summed E-state index contributed by atoms with van der Waals surface area (Å²) in [4.78, 5) is 62.7. The number of carbonyl (C=O) groups is 5. The van der Waals surface area contributed by atoms with Gasteiger partial charge < -0.3 is 0 Å². The zero-order chi connectivity index (χ0) is 28.8. The van der Waals surface area contributed by atoms with Gasteiger partial charge in [0.15, 0.2) is 0 Å². The monoisotopic (exact) mass is 528 g/mol. The van der Waals surface area contributed by atoms with Crippen molar-refractivity contribution in [3.8, 4) is 0 Å². The molecule has 1 rings (SSSR count). The maximum atomic E-state index is 13.1. The van der Waals surface area contributed by atoms with Gasteiger partial charge in [-0.05, 0) is 62.9 Å². The smallest absolute Gasteiger partial charge is 0.143 e. The number of rotatable bonds is 16. The van der Waals surface area contributed by atoms with Gasteiger partial charge in [0.05, 0.1) is 6.42 Å². The zero-order valence-corrected chi connectivity index (χ0v) is 25.1. The number of hydrogen-bond donors (Lipinski definition) is 0. The average molecular weight is 529 g/mol. The molecule has 1 aliphatic carbocycles. The second-order valence-electron chi connectivity index (χ2n) is 11.8. The molecular formula is C33H52O5. The van der Waals surface area contributed by atoms with E-state index in [0.717, 1.165) is 49.7 Å². The summed E-state index contributed by atoms with van der Waals surface area (Å²) in [6.45, 7) is 13.4. The highest BCUT2D eigenvalue weighted by atomic mass is 16.2. The van der Waals surface area contributed by atoms with Crippen molar-refractivity contribution in [1.82, 2.24) is 0 Å². The zero-order valence-electron chi connectivity index (χ0n) is 25.1. The minimum Gasteiger partial charge on any atom is -0.300 e. The summed E-state index contributed by atoms with van der Waals surface area (Å²) in [7, 11) is 0. The molecule has 0 radical (unpaired) electrons. The molecule has 214 valence electrons. The highest BCUT2D eigenvalue weighted by Crippen LogP contribution is 2.34. The largest absolute Gasteiger partial charge is 0.300 e. The van der Waals surface area contributed by atoms with Crippen LogP contribution in [0.3, 0.4) is 0 Å². The third kappa shape index (κ3) is 11.7. The third-order valence-electron chi connectivity index (χ3n) is 8.13. The first-order valence-electron chi connectivity index (χ1n) is 14.9. The van der Waals surface area contributed by atoms with Crippen molar-refractivity contribution < 1.29 is 24.0 Å². The standard InChI is InChI=1S/C33H52O5/c1-8-13-27(30(9-2)33(38)17-24(7)34)18-25-14-11-12-15-26(23(6)16-28(35)19-25)20-29(36)21-31(22(4)5)32(37)10-3/h12,15,22,25,27,30-31H,8-11,13-14,16-21H2,1-7H3. The molecule has 38 heavy (non-hydrogen) atoms. The van der Waals surface area contributed by atoms with Crippen LogP contribution in [0.2, 0.25) is 0 Å². The van der Waals surface area contributed by atoms with Gasteiger partial charge in [0, 0.05) is 43.9 Å². The molecule has 4 unspecified atom stereocenters. The van der Waals surface area contributed by atoms with E-state index < -0.39 is 0 Å². The Balaban J connectivity index is 2.96. The molecule has 5 nitrogen and oxygen atoms in total.